The van der Waals surface area contributed by atoms with Gasteiger partial charge in [-0.05, 0) is 55.0 Å². The van der Waals surface area contributed by atoms with Crippen LogP contribution in [0.3, 0.4) is 0 Å². The molecule has 2 N–H and O–H groups in total. The van der Waals surface area contributed by atoms with Gasteiger partial charge in [0.05, 0.1) is 0 Å². The quantitative estimate of drug-likeness (QED) is 0.710. The van der Waals surface area contributed by atoms with Crippen molar-refractivity contribution in [2.24, 2.45) is 0 Å². The maximum absolute atomic E-state index is 12.9. The Morgan fingerprint density at radius 2 is 1.48 bits per heavy atom. The number of hydrogen-bond acceptors (Lipinski definition) is 2. The molecule has 0 atom stereocenters. The molecule has 0 aromatic heterocycles. The molecule has 136 valence electrons. The molecule has 0 aliphatic carbocycles. The van der Waals surface area contributed by atoms with E-state index >= 15 is 0 Å². The van der Waals surface area contributed by atoms with Crippen LogP contribution in [0.4, 0.5) is 10.1 Å². The van der Waals surface area contributed by atoms with Gasteiger partial charge in [0.1, 0.15) is 5.82 Å². The molecule has 0 aliphatic rings. The fourth-order valence-electron chi connectivity index (χ4n) is 2.53. The van der Waals surface area contributed by atoms with Crippen molar-refractivity contribution in [2.75, 3.05) is 5.32 Å². The van der Waals surface area contributed by atoms with Crippen molar-refractivity contribution in [3.8, 4) is 0 Å². The SMILES string of the molecule is Cc1ccc(CNC(=O)c2cccc(C(=O)Nc3ccc(F)cc3)c2)cc1. The molecule has 0 heterocycles. The lowest BCUT2D eigenvalue weighted by Gasteiger charge is -2.08. The molecule has 4 nitrogen and oxygen atoms in total. The van der Waals surface area contributed by atoms with Crippen LogP contribution in [0.1, 0.15) is 31.8 Å². The van der Waals surface area contributed by atoms with Crippen LogP contribution < -0.4 is 10.6 Å². The van der Waals surface area contributed by atoms with Gasteiger partial charge < -0.3 is 10.6 Å². The Morgan fingerprint density at radius 3 is 2.15 bits per heavy atom. The summed E-state index contributed by atoms with van der Waals surface area (Å²) in [5.41, 5.74) is 3.39. The summed E-state index contributed by atoms with van der Waals surface area (Å²) in [5, 5.41) is 5.52. The average molecular weight is 362 g/mol. The molecule has 2 amide bonds. The predicted molar refractivity (Wildman–Crippen MR) is 103 cm³/mol. The first kappa shape index (κ1) is 18.3. The lowest BCUT2D eigenvalue weighted by molar-refractivity contribution is 0.0951. The van der Waals surface area contributed by atoms with Gasteiger partial charge >= 0.3 is 0 Å². The zero-order valence-corrected chi connectivity index (χ0v) is 14.8. The Balaban J connectivity index is 1.65. The van der Waals surface area contributed by atoms with E-state index in [0.29, 0.717) is 23.4 Å². The highest BCUT2D eigenvalue weighted by atomic mass is 19.1. The second-order valence-corrected chi connectivity index (χ2v) is 6.21. The lowest BCUT2D eigenvalue weighted by atomic mass is 10.1. The van der Waals surface area contributed by atoms with Gasteiger partial charge in [0.15, 0.2) is 0 Å². The summed E-state index contributed by atoms with van der Waals surface area (Å²) in [7, 11) is 0. The Hall–Kier alpha value is -3.47. The second-order valence-electron chi connectivity index (χ2n) is 6.21. The Morgan fingerprint density at radius 1 is 0.852 bits per heavy atom. The van der Waals surface area contributed by atoms with Crippen molar-refractivity contribution in [2.45, 2.75) is 13.5 Å². The number of amides is 2. The molecule has 3 aromatic carbocycles. The molecule has 0 spiro atoms. The van der Waals surface area contributed by atoms with Crippen LogP contribution in [0, 0.1) is 12.7 Å². The van der Waals surface area contributed by atoms with E-state index in [4.69, 9.17) is 0 Å². The summed E-state index contributed by atoms with van der Waals surface area (Å²) in [5.74, 6) is -0.998. The van der Waals surface area contributed by atoms with Crippen LogP contribution >= 0.6 is 0 Å². The van der Waals surface area contributed by atoms with E-state index < -0.39 is 0 Å². The highest BCUT2D eigenvalue weighted by molar-refractivity contribution is 6.06. The molecule has 0 saturated heterocycles. The van der Waals surface area contributed by atoms with Crippen LogP contribution in [-0.2, 0) is 6.54 Å². The van der Waals surface area contributed by atoms with Crippen LogP contribution in [0.5, 0.6) is 0 Å². The molecule has 3 aromatic rings. The summed E-state index contributed by atoms with van der Waals surface area (Å²) in [6.07, 6.45) is 0. The first-order chi connectivity index (χ1) is 13.0. The van der Waals surface area contributed by atoms with Gasteiger partial charge in [0, 0.05) is 23.4 Å². The Labute approximate surface area is 157 Å². The van der Waals surface area contributed by atoms with Gasteiger partial charge in [-0.2, -0.15) is 0 Å². The summed E-state index contributed by atoms with van der Waals surface area (Å²) in [6.45, 7) is 2.41. The van der Waals surface area contributed by atoms with E-state index in [0.717, 1.165) is 11.1 Å². The molecule has 0 bridgehead atoms. The van der Waals surface area contributed by atoms with Crippen LogP contribution in [-0.4, -0.2) is 11.8 Å². The summed E-state index contributed by atoms with van der Waals surface area (Å²) < 4.78 is 12.9. The number of carbonyl (C=O) groups is 2. The normalized spacial score (nSPS) is 10.3. The van der Waals surface area contributed by atoms with Crippen molar-refractivity contribution in [3.63, 3.8) is 0 Å². The fraction of sp³-hybridized carbons (Fsp3) is 0.0909. The van der Waals surface area contributed by atoms with E-state index in [1.807, 2.05) is 31.2 Å². The van der Waals surface area contributed by atoms with E-state index in [1.165, 1.54) is 30.3 Å². The molecular weight excluding hydrogens is 343 g/mol. The molecule has 0 saturated carbocycles. The molecule has 5 heteroatoms. The predicted octanol–water partition coefficient (Wildman–Crippen LogP) is 4.32. The maximum Gasteiger partial charge on any atom is 0.255 e. The largest absolute Gasteiger partial charge is 0.348 e. The molecule has 0 unspecified atom stereocenters. The summed E-state index contributed by atoms with van der Waals surface area (Å²) in [6, 6.07) is 19.8. The van der Waals surface area contributed by atoms with Crippen LogP contribution in [0.15, 0.2) is 72.8 Å². The maximum atomic E-state index is 12.9. The highest BCUT2D eigenvalue weighted by Crippen LogP contribution is 2.12. The van der Waals surface area contributed by atoms with E-state index in [9.17, 15) is 14.0 Å². The average Bonchev–Trinajstić information content (AvgIpc) is 2.69. The highest BCUT2D eigenvalue weighted by Gasteiger charge is 2.11. The number of rotatable bonds is 5. The minimum Gasteiger partial charge on any atom is -0.348 e. The molecule has 3 rings (SSSR count). The standard InChI is InChI=1S/C22H19FN2O2/c1-15-5-7-16(8-6-15)14-24-21(26)17-3-2-4-18(13-17)22(27)25-20-11-9-19(23)10-12-20/h2-13H,14H2,1H3,(H,24,26)(H,25,27). The summed E-state index contributed by atoms with van der Waals surface area (Å²) in [4.78, 5) is 24.7. The summed E-state index contributed by atoms with van der Waals surface area (Å²) >= 11 is 0. The Bertz CT molecular complexity index is 951. The van der Waals surface area contributed by atoms with Gasteiger partial charge in [-0.15, -0.1) is 0 Å². The molecule has 0 radical (unpaired) electrons. The monoisotopic (exact) mass is 362 g/mol. The number of hydrogen-bond donors (Lipinski definition) is 2. The third-order valence-corrected chi connectivity index (χ3v) is 4.06. The van der Waals surface area contributed by atoms with Gasteiger partial charge in [0.25, 0.3) is 11.8 Å². The zero-order chi connectivity index (χ0) is 19.2. The van der Waals surface area contributed by atoms with E-state index in [-0.39, 0.29) is 17.6 Å². The number of halogens is 1. The third-order valence-electron chi connectivity index (χ3n) is 4.06. The molecular formula is C22H19FN2O2. The van der Waals surface area contributed by atoms with Gasteiger partial charge in [-0.25, -0.2) is 4.39 Å². The topological polar surface area (TPSA) is 58.2 Å². The van der Waals surface area contributed by atoms with Crippen molar-refractivity contribution < 1.29 is 14.0 Å². The molecule has 27 heavy (non-hydrogen) atoms. The smallest absolute Gasteiger partial charge is 0.255 e. The van der Waals surface area contributed by atoms with Crippen molar-refractivity contribution in [3.05, 3.63) is 101 Å². The second kappa shape index (κ2) is 8.27. The first-order valence-electron chi connectivity index (χ1n) is 8.52. The van der Waals surface area contributed by atoms with Crippen molar-refractivity contribution in [1.29, 1.82) is 0 Å². The number of aryl methyl sites for hydroxylation is 1. The molecule has 0 fully saturated rings. The third kappa shape index (κ3) is 5.01. The van der Waals surface area contributed by atoms with Gasteiger partial charge in [0.2, 0.25) is 0 Å². The lowest BCUT2D eigenvalue weighted by Crippen LogP contribution is -2.23. The van der Waals surface area contributed by atoms with Crippen molar-refractivity contribution in [1.82, 2.24) is 5.32 Å². The van der Waals surface area contributed by atoms with Gasteiger partial charge in [-0.3, -0.25) is 9.59 Å². The Kier molecular flexibility index (Phi) is 5.61. The fourth-order valence-corrected chi connectivity index (χ4v) is 2.53. The minimum atomic E-state index is -0.375. The zero-order valence-electron chi connectivity index (χ0n) is 14.8. The number of carbonyl (C=O) groups excluding carboxylic acids is 2. The van der Waals surface area contributed by atoms with E-state index in [1.54, 1.807) is 18.2 Å². The van der Waals surface area contributed by atoms with Crippen LogP contribution in [0.25, 0.3) is 0 Å². The molecule has 0 aliphatic heterocycles. The van der Waals surface area contributed by atoms with E-state index in [2.05, 4.69) is 10.6 Å². The van der Waals surface area contributed by atoms with Crippen molar-refractivity contribution >= 4 is 17.5 Å². The number of anilines is 1. The van der Waals surface area contributed by atoms with Gasteiger partial charge in [-0.1, -0.05) is 35.9 Å². The number of nitrogens with one attached hydrogen (secondary N) is 2. The minimum absolute atomic E-state index is 0.257. The first-order valence-corrected chi connectivity index (χ1v) is 8.52. The van der Waals surface area contributed by atoms with Crippen LogP contribution in [0.2, 0.25) is 0 Å². The number of benzene rings is 3.